The lowest BCUT2D eigenvalue weighted by Crippen LogP contribution is -2.15. The summed E-state index contributed by atoms with van der Waals surface area (Å²) in [5.74, 6) is 0. The molecule has 17 heavy (non-hydrogen) atoms. The Hall–Kier alpha value is -1.05. The van der Waals surface area contributed by atoms with Gasteiger partial charge in [-0.25, -0.2) is 0 Å². The smallest absolute Gasteiger partial charge is 0.284 e. The summed E-state index contributed by atoms with van der Waals surface area (Å²) in [5.41, 5.74) is 0. The van der Waals surface area contributed by atoms with Crippen LogP contribution in [0.3, 0.4) is 0 Å². The van der Waals surface area contributed by atoms with Gasteiger partial charge in [-0.05, 0) is 22.8 Å². The first-order valence-electron chi connectivity index (χ1n) is 4.47. The molecule has 0 aromatic heterocycles. The molecule has 1 heterocycles. The Labute approximate surface area is 104 Å². The molecule has 1 aromatic carbocycles. The van der Waals surface area contributed by atoms with E-state index in [1.165, 1.54) is 18.3 Å². The van der Waals surface area contributed by atoms with E-state index in [1.807, 2.05) is 0 Å². The molecule has 1 N–H and O–H groups in total. The van der Waals surface area contributed by atoms with E-state index in [4.69, 9.17) is 10.7 Å². The maximum absolute atomic E-state index is 13.6. The van der Waals surface area contributed by atoms with Crippen molar-refractivity contribution in [2.45, 2.75) is 4.90 Å². The number of rotatable bonds is 2. The van der Waals surface area contributed by atoms with Crippen LogP contribution in [0.1, 0.15) is 0 Å². The van der Waals surface area contributed by atoms with E-state index in [1.54, 1.807) is 18.2 Å². The van der Waals surface area contributed by atoms with Crippen LogP contribution < -0.4 is 5.32 Å². The van der Waals surface area contributed by atoms with Crippen molar-refractivity contribution in [3.63, 3.8) is 0 Å². The summed E-state index contributed by atoms with van der Waals surface area (Å²) in [4.78, 5) is -0.00642. The van der Waals surface area contributed by atoms with Crippen LogP contribution in [0.15, 0.2) is 51.2 Å². The topological polar surface area (TPSA) is 58.5 Å². The van der Waals surface area contributed by atoms with Crippen molar-refractivity contribution in [2.75, 3.05) is 0 Å². The SMILES string of the molecule is O=S(=O)(/N=C1\NC=CS1(F)Cl)c1ccccc1. The summed E-state index contributed by atoms with van der Waals surface area (Å²) in [6, 6.07) is 7.55. The van der Waals surface area contributed by atoms with Crippen LogP contribution in [-0.4, -0.2) is 13.6 Å². The fraction of sp³-hybridized carbons (Fsp3) is 0. The Kier molecular flexibility index (Phi) is 3.15. The van der Waals surface area contributed by atoms with Gasteiger partial charge in [-0.3, -0.25) is 0 Å². The summed E-state index contributed by atoms with van der Waals surface area (Å²) in [5, 5.41) is 3.08. The van der Waals surface area contributed by atoms with Crippen LogP contribution in [0.2, 0.25) is 0 Å². The summed E-state index contributed by atoms with van der Waals surface area (Å²) >= 11 is 0. The van der Waals surface area contributed by atoms with Gasteiger partial charge in [0, 0.05) is 11.6 Å². The molecule has 1 unspecified atom stereocenters. The van der Waals surface area contributed by atoms with Crippen LogP contribution in [0.4, 0.5) is 3.89 Å². The first kappa shape index (κ1) is 12.4. The zero-order chi connectivity index (χ0) is 12.5. The molecule has 0 bridgehead atoms. The van der Waals surface area contributed by atoms with Crippen molar-refractivity contribution in [2.24, 2.45) is 4.40 Å². The van der Waals surface area contributed by atoms with Crippen LogP contribution in [0, 0.1) is 0 Å². The Bertz CT molecular complexity index is 584. The predicted molar refractivity (Wildman–Crippen MR) is 67.9 cm³/mol. The molecule has 0 radical (unpaired) electrons. The average Bonchev–Trinajstić information content (AvgIpc) is 2.59. The van der Waals surface area contributed by atoms with Crippen LogP contribution in [0.25, 0.3) is 0 Å². The standard InChI is InChI=1S/C9H8ClFN2O2S2/c10-16(11)7-6-12-9(16)13-17(14,15)8-4-2-1-3-5-8/h1-7H,(H,12,13). The lowest BCUT2D eigenvalue weighted by Gasteiger charge is -2.13. The van der Waals surface area contributed by atoms with Crippen molar-refractivity contribution in [3.8, 4) is 0 Å². The second-order valence-corrected chi connectivity index (χ2v) is 7.77. The highest BCUT2D eigenvalue weighted by Crippen LogP contribution is 2.59. The van der Waals surface area contributed by atoms with Crippen molar-refractivity contribution in [1.29, 1.82) is 0 Å². The molecule has 0 spiro atoms. The molecular weight excluding hydrogens is 287 g/mol. The fourth-order valence-electron chi connectivity index (χ4n) is 1.16. The monoisotopic (exact) mass is 294 g/mol. The molecule has 0 saturated heterocycles. The summed E-state index contributed by atoms with van der Waals surface area (Å²) < 4.78 is 40.6. The molecule has 1 aliphatic rings. The zero-order valence-electron chi connectivity index (χ0n) is 8.38. The third-order valence-electron chi connectivity index (χ3n) is 1.95. The lowest BCUT2D eigenvalue weighted by atomic mass is 10.4. The van der Waals surface area contributed by atoms with Crippen LogP contribution in [-0.2, 0) is 10.0 Å². The first-order chi connectivity index (χ1) is 7.92. The number of sulfonamides is 1. The van der Waals surface area contributed by atoms with E-state index >= 15 is 0 Å². The minimum atomic E-state index is -3.93. The van der Waals surface area contributed by atoms with Gasteiger partial charge in [0.05, 0.1) is 14.5 Å². The molecule has 0 amide bonds. The number of amidine groups is 1. The molecule has 1 aromatic rings. The van der Waals surface area contributed by atoms with Gasteiger partial charge in [0.15, 0.2) is 0 Å². The maximum atomic E-state index is 13.6. The van der Waals surface area contributed by atoms with E-state index in [0.717, 1.165) is 5.41 Å². The largest absolute Gasteiger partial charge is 0.338 e. The third kappa shape index (κ3) is 2.62. The fourth-order valence-corrected chi connectivity index (χ4v) is 3.87. The molecule has 8 heteroatoms. The Morgan fingerprint density at radius 3 is 2.47 bits per heavy atom. The van der Waals surface area contributed by atoms with E-state index in [-0.39, 0.29) is 10.1 Å². The molecular formula is C9H8ClFN2O2S2. The second-order valence-electron chi connectivity index (χ2n) is 3.14. The number of benzene rings is 1. The minimum absolute atomic E-state index is 0.00642. The highest BCUT2D eigenvalue weighted by molar-refractivity contribution is 8.59. The lowest BCUT2D eigenvalue weighted by molar-refractivity contribution is 0.598. The van der Waals surface area contributed by atoms with Gasteiger partial charge in [0.1, 0.15) is 0 Å². The molecule has 1 atom stereocenters. The molecule has 0 saturated carbocycles. The van der Waals surface area contributed by atoms with Gasteiger partial charge in [0.2, 0.25) is 5.17 Å². The van der Waals surface area contributed by atoms with E-state index in [2.05, 4.69) is 9.71 Å². The molecule has 2 rings (SSSR count). The van der Waals surface area contributed by atoms with Crippen molar-refractivity contribution < 1.29 is 12.3 Å². The third-order valence-corrected chi connectivity index (χ3v) is 5.30. The van der Waals surface area contributed by atoms with Crippen molar-refractivity contribution in [1.82, 2.24) is 5.32 Å². The van der Waals surface area contributed by atoms with E-state index in [9.17, 15) is 12.3 Å². The van der Waals surface area contributed by atoms with Gasteiger partial charge in [0.25, 0.3) is 10.0 Å². The van der Waals surface area contributed by atoms with E-state index in [0.29, 0.717) is 0 Å². The normalized spacial score (nSPS) is 29.9. The highest BCUT2D eigenvalue weighted by Gasteiger charge is 2.31. The number of nitrogens with one attached hydrogen (secondary N) is 1. The van der Waals surface area contributed by atoms with Gasteiger partial charge in [-0.2, -0.15) is 12.3 Å². The van der Waals surface area contributed by atoms with Crippen molar-refractivity contribution in [3.05, 3.63) is 41.9 Å². The maximum Gasteiger partial charge on any atom is 0.284 e. The Morgan fingerprint density at radius 2 is 1.94 bits per heavy atom. The number of hydrogen-bond acceptors (Lipinski definition) is 2. The van der Waals surface area contributed by atoms with Crippen LogP contribution >= 0.6 is 20.3 Å². The Morgan fingerprint density at radius 1 is 1.29 bits per heavy atom. The molecule has 92 valence electrons. The molecule has 0 aliphatic carbocycles. The van der Waals surface area contributed by atoms with Gasteiger partial charge in [-0.15, -0.1) is 4.40 Å². The zero-order valence-corrected chi connectivity index (χ0v) is 10.8. The predicted octanol–water partition coefficient (Wildman–Crippen LogP) is 2.65. The summed E-state index contributed by atoms with van der Waals surface area (Å²) in [6.45, 7) is 0. The average molecular weight is 295 g/mol. The first-order valence-corrected chi connectivity index (χ1v) is 8.34. The second kappa shape index (κ2) is 4.32. The number of hydrogen-bond donors (Lipinski definition) is 1. The van der Waals surface area contributed by atoms with Crippen LogP contribution in [0.5, 0.6) is 0 Å². The number of halogens is 2. The summed E-state index contributed by atoms with van der Waals surface area (Å²) in [7, 11) is -1.71. The summed E-state index contributed by atoms with van der Waals surface area (Å²) in [6.07, 6.45) is 1.24. The highest BCUT2D eigenvalue weighted by atomic mass is 35.7. The molecule has 1 aliphatic heterocycles. The van der Waals surface area contributed by atoms with E-state index < -0.39 is 19.7 Å². The Balaban J connectivity index is 2.40. The number of nitrogens with zero attached hydrogens (tertiary/aromatic N) is 1. The van der Waals surface area contributed by atoms with Gasteiger partial charge in [-0.1, -0.05) is 18.2 Å². The quantitative estimate of drug-likeness (QED) is 0.912. The van der Waals surface area contributed by atoms with Gasteiger partial charge < -0.3 is 5.32 Å². The van der Waals surface area contributed by atoms with Gasteiger partial charge >= 0.3 is 0 Å². The minimum Gasteiger partial charge on any atom is -0.338 e. The molecule has 4 nitrogen and oxygen atoms in total. The molecule has 0 fully saturated rings. The van der Waals surface area contributed by atoms with Crippen molar-refractivity contribution >= 4 is 35.5 Å².